The fourth-order valence-electron chi connectivity index (χ4n) is 3.22. The quantitative estimate of drug-likeness (QED) is 0.724. The zero-order chi connectivity index (χ0) is 11.1. The Kier molecular flexibility index (Phi) is 3.09. The minimum absolute atomic E-state index is 0.176. The van der Waals surface area contributed by atoms with Gasteiger partial charge in [-0.15, -0.1) is 0 Å². The second-order valence-corrected chi connectivity index (χ2v) is 5.83. The highest BCUT2D eigenvalue weighted by atomic mass is 16.5. The molecule has 0 aromatic heterocycles. The van der Waals surface area contributed by atoms with Crippen LogP contribution in [0.4, 0.5) is 0 Å². The van der Waals surface area contributed by atoms with Crippen LogP contribution in [-0.2, 0) is 4.74 Å². The Hall–Kier alpha value is -0.0800. The van der Waals surface area contributed by atoms with Crippen molar-refractivity contribution >= 4 is 0 Å². The van der Waals surface area contributed by atoms with Gasteiger partial charge in [0.05, 0.1) is 17.8 Å². The third-order valence-corrected chi connectivity index (χ3v) is 4.42. The molecule has 0 aromatic carbocycles. The van der Waals surface area contributed by atoms with Gasteiger partial charge in [-0.3, -0.25) is 0 Å². The van der Waals surface area contributed by atoms with E-state index in [0.29, 0.717) is 17.9 Å². The van der Waals surface area contributed by atoms with Crippen LogP contribution in [0.5, 0.6) is 0 Å². The number of aliphatic hydroxyl groups is 1. The summed E-state index contributed by atoms with van der Waals surface area (Å²) >= 11 is 0. The van der Waals surface area contributed by atoms with Gasteiger partial charge in [-0.2, -0.15) is 0 Å². The lowest BCUT2D eigenvalue weighted by Crippen LogP contribution is -2.47. The van der Waals surface area contributed by atoms with Crippen LogP contribution in [-0.4, -0.2) is 22.9 Å². The van der Waals surface area contributed by atoms with Crippen molar-refractivity contribution < 1.29 is 9.84 Å². The lowest BCUT2D eigenvalue weighted by molar-refractivity contribution is -0.143. The largest absolute Gasteiger partial charge is 0.390 e. The van der Waals surface area contributed by atoms with Crippen molar-refractivity contribution in [2.75, 3.05) is 0 Å². The average molecular weight is 212 g/mol. The number of aliphatic hydroxyl groups excluding tert-OH is 1. The predicted molar refractivity (Wildman–Crippen MR) is 60.7 cm³/mol. The zero-order valence-corrected chi connectivity index (χ0v) is 10.2. The molecular weight excluding hydrogens is 188 g/mol. The van der Waals surface area contributed by atoms with Crippen LogP contribution in [0.25, 0.3) is 0 Å². The molecule has 15 heavy (non-hydrogen) atoms. The normalized spacial score (nSPS) is 46.6. The molecule has 1 spiro atoms. The molecule has 0 amide bonds. The van der Waals surface area contributed by atoms with Crippen molar-refractivity contribution in [2.45, 2.75) is 70.7 Å². The molecule has 2 nitrogen and oxygen atoms in total. The molecule has 0 radical (unpaired) electrons. The Bertz CT molecular complexity index is 227. The highest BCUT2D eigenvalue weighted by molar-refractivity contribution is 4.98. The van der Waals surface area contributed by atoms with Crippen LogP contribution < -0.4 is 0 Å². The van der Waals surface area contributed by atoms with Crippen molar-refractivity contribution in [1.82, 2.24) is 0 Å². The summed E-state index contributed by atoms with van der Waals surface area (Å²) in [4.78, 5) is 0. The van der Waals surface area contributed by atoms with Gasteiger partial charge in [-0.25, -0.2) is 0 Å². The van der Waals surface area contributed by atoms with Gasteiger partial charge < -0.3 is 9.84 Å². The maximum atomic E-state index is 10.3. The molecule has 4 atom stereocenters. The standard InChI is InChI=1S/C13H24O2/c1-9(2)11-5-7-13(12(14)8-11)6-4-10(3)15-13/h9-12,14H,4-8H2,1-3H3. The monoisotopic (exact) mass is 212 g/mol. The van der Waals surface area contributed by atoms with E-state index in [9.17, 15) is 5.11 Å². The molecule has 1 heterocycles. The Morgan fingerprint density at radius 3 is 2.40 bits per heavy atom. The van der Waals surface area contributed by atoms with E-state index in [4.69, 9.17) is 4.74 Å². The summed E-state index contributed by atoms with van der Waals surface area (Å²) in [6.07, 6.45) is 5.50. The van der Waals surface area contributed by atoms with E-state index in [1.807, 2.05) is 0 Å². The average Bonchev–Trinajstić information content (AvgIpc) is 2.54. The van der Waals surface area contributed by atoms with Crippen molar-refractivity contribution in [3.05, 3.63) is 0 Å². The van der Waals surface area contributed by atoms with Gasteiger partial charge in [0.2, 0.25) is 0 Å². The molecule has 1 N–H and O–H groups in total. The summed E-state index contributed by atoms with van der Waals surface area (Å²) in [6, 6.07) is 0. The summed E-state index contributed by atoms with van der Waals surface area (Å²) < 4.78 is 5.98. The van der Waals surface area contributed by atoms with E-state index in [0.717, 1.165) is 25.7 Å². The summed E-state index contributed by atoms with van der Waals surface area (Å²) in [5.74, 6) is 1.38. The first-order chi connectivity index (χ1) is 7.03. The molecule has 2 rings (SSSR count). The van der Waals surface area contributed by atoms with E-state index >= 15 is 0 Å². The number of ether oxygens (including phenoxy) is 1. The molecule has 1 saturated heterocycles. The fraction of sp³-hybridized carbons (Fsp3) is 1.00. The van der Waals surface area contributed by atoms with Gasteiger partial charge in [-0.05, 0) is 50.9 Å². The van der Waals surface area contributed by atoms with Gasteiger partial charge >= 0.3 is 0 Å². The minimum atomic E-state index is -0.233. The molecular formula is C13H24O2. The van der Waals surface area contributed by atoms with Crippen molar-refractivity contribution in [3.63, 3.8) is 0 Å². The van der Waals surface area contributed by atoms with Crippen LogP contribution >= 0.6 is 0 Å². The first-order valence-corrected chi connectivity index (χ1v) is 6.39. The molecule has 1 aliphatic carbocycles. The van der Waals surface area contributed by atoms with E-state index in [2.05, 4.69) is 20.8 Å². The molecule has 88 valence electrons. The van der Waals surface area contributed by atoms with Crippen molar-refractivity contribution in [3.8, 4) is 0 Å². The third kappa shape index (κ3) is 2.07. The summed E-state index contributed by atoms with van der Waals surface area (Å²) in [7, 11) is 0. The van der Waals surface area contributed by atoms with Crippen molar-refractivity contribution in [1.29, 1.82) is 0 Å². The van der Waals surface area contributed by atoms with E-state index in [-0.39, 0.29) is 11.7 Å². The molecule has 0 bridgehead atoms. The summed E-state index contributed by atoms with van der Waals surface area (Å²) in [5.41, 5.74) is -0.176. The second-order valence-electron chi connectivity index (χ2n) is 5.83. The third-order valence-electron chi connectivity index (χ3n) is 4.42. The molecule has 2 heteroatoms. The van der Waals surface area contributed by atoms with E-state index < -0.39 is 0 Å². The zero-order valence-electron chi connectivity index (χ0n) is 10.2. The molecule has 0 aromatic rings. The lowest BCUT2D eigenvalue weighted by Gasteiger charge is -2.42. The maximum Gasteiger partial charge on any atom is 0.0944 e. The second kappa shape index (κ2) is 4.06. The number of hydrogen-bond acceptors (Lipinski definition) is 2. The lowest BCUT2D eigenvalue weighted by atomic mass is 9.72. The summed E-state index contributed by atoms with van der Waals surface area (Å²) in [6.45, 7) is 6.64. The Balaban J connectivity index is 2.01. The van der Waals surface area contributed by atoms with Crippen LogP contribution in [0, 0.1) is 11.8 Å². The molecule has 1 aliphatic heterocycles. The smallest absolute Gasteiger partial charge is 0.0944 e. The molecule has 2 fully saturated rings. The van der Waals surface area contributed by atoms with Crippen LogP contribution in [0.2, 0.25) is 0 Å². The number of rotatable bonds is 1. The van der Waals surface area contributed by atoms with Gasteiger partial charge in [0.15, 0.2) is 0 Å². The van der Waals surface area contributed by atoms with Crippen LogP contribution in [0.1, 0.15) is 52.9 Å². The predicted octanol–water partition coefficient (Wildman–Crippen LogP) is 2.74. The van der Waals surface area contributed by atoms with Crippen LogP contribution in [0.15, 0.2) is 0 Å². The number of hydrogen-bond donors (Lipinski definition) is 1. The molecule has 2 aliphatic rings. The van der Waals surface area contributed by atoms with Gasteiger partial charge in [-0.1, -0.05) is 13.8 Å². The van der Waals surface area contributed by atoms with Gasteiger partial charge in [0, 0.05) is 0 Å². The topological polar surface area (TPSA) is 29.5 Å². The Morgan fingerprint density at radius 1 is 1.27 bits per heavy atom. The van der Waals surface area contributed by atoms with Crippen molar-refractivity contribution in [2.24, 2.45) is 11.8 Å². The fourth-order valence-corrected chi connectivity index (χ4v) is 3.22. The van der Waals surface area contributed by atoms with E-state index in [1.165, 1.54) is 6.42 Å². The first-order valence-electron chi connectivity index (χ1n) is 6.39. The maximum absolute atomic E-state index is 10.3. The highest BCUT2D eigenvalue weighted by Crippen LogP contribution is 2.45. The van der Waals surface area contributed by atoms with Gasteiger partial charge in [0.1, 0.15) is 0 Å². The SMILES string of the molecule is CC1CCC2(CCC(C(C)C)CC2O)O1. The van der Waals surface area contributed by atoms with Crippen LogP contribution in [0.3, 0.4) is 0 Å². The Morgan fingerprint density at radius 2 is 1.93 bits per heavy atom. The highest BCUT2D eigenvalue weighted by Gasteiger charge is 2.48. The van der Waals surface area contributed by atoms with E-state index in [1.54, 1.807) is 0 Å². The summed E-state index contributed by atoms with van der Waals surface area (Å²) in [5, 5.41) is 10.3. The van der Waals surface area contributed by atoms with Gasteiger partial charge in [0.25, 0.3) is 0 Å². The Labute approximate surface area is 93.0 Å². The molecule has 4 unspecified atom stereocenters. The molecule has 1 saturated carbocycles. The first kappa shape index (κ1) is 11.4. The minimum Gasteiger partial charge on any atom is -0.390 e.